The summed E-state index contributed by atoms with van der Waals surface area (Å²) in [7, 11) is 0. The van der Waals surface area contributed by atoms with E-state index in [1.807, 2.05) is 4.90 Å². The first-order chi connectivity index (χ1) is 8.77. The van der Waals surface area contributed by atoms with Gasteiger partial charge >= 0.3 is 0 Å². The zero-order chi connectivity index (χ0) is 13.2. The number of rotatable bonds is 9. The van der Waals surface area contributed by atoms with Gasteiger partial charge in [-0.05, 0) is 31.8 Å². The highest BCUT2D eigenvalue weighted by molar-refractivity contribution is 5.76. The maximum Gasteiger partial charge on any atom is 0.222 e. The Morgan fingerprint density at radius 1 is 1.33 bits per heavy atom. The molecule has 1 rings (SSSR count). The third-order valence-corrected chi connectivity index (χ3v) is 3.63. The van der Waals surface area contributed by atoms with E-state index in [1.165, 1.54) is 19.3 Å². The molecule has 1 unspecified atom stereocenters. The lowest BCUT2D eigenvalue weighted by molar-refractivity contribution is -0.132. The summed E-state index contributed by atoms with van der Waals surface area (Å²) in [6.07, 6.45) is 6.42. The Morgan fingerprint density at radius 2 is 2.17 bits per heavy atom. The molecule has 4 heteroatoms. The van der Waals surface area contributed by atoms with Crippen molar-refractivity contribution in [3.8, 4) is 0 Å². The molecule has 2 N–H and O–H groups in total. The van der Waals surface area contributed by atoms with Crippen molar-refractivity contribution >= 4 is 5.91 Å². The molecule has 0 aliphatic carbocycles. The topological polar surface area (TPSA) is 52.6 Å². The fourth-order valence-corrected chi connectivity index (χ4v) is 2.48. The lowest BCUT2D eigenvalue weighted by atomic mass is 10.0. The van der Waals surface area contributed by atoms with Gasteiger partial charge in [-0.1, -0.05) is 26.2 Å². The van der Waals surface area contributed by atoms with Gasteiger partial charge in [-0.25, -0.2) is 0 Å². The Hall–Kier alpha value is -0.610. The van der Waals surface area contributed by atoms with Crippen LogP contribution in [0.15, 0.2) is 0 Å². The fraction of sp³-hybridized carbons (Fsp3) is 0.929. The molecule has 0 spiro atoms. The third-order valence-electron chi connectivity index (χ3n) is 3.63. The standard InChI is InChI=1S/C14H28N2O2/c1-2-3-4-5-8-16(9-10-17)14(18)11-13-6-7-15-12-13/h13,15,17H,2-12H2,1H3. The summed E-state index contributed by atoms with van der Waals surface area (Å²) in [5.41, 5.74) is 0. The van der Waals surface area contributed by atoms with Crippen LogP contribution in [-0.2, 0) is 4.79 Å². The number of carbonyl (C=O) groups excluding carboxylic acids is 1. The summed E-state index contributed by atoms with van der Waals surface area (Å²) in [6, 6.07) is 0. The monoisotopic (exact) mass is 256 g/mol. The van der Waals surface area contributed by atoms with Crippen LogP contribution in [0.4, 0.5) is 0 Å². The van der Waals surface area contributed by atoms with Crippen LogP contribution in [0.5, 0.6) is 0 Å². The van der Waals surface area contributed by atoms with E-state index in [0.29, 0.717) is 18.9 Å². The van der Waals surface area contributed by atoms with Gasteiger partial charge < -0.3 is 15.3 Å². The zero-order valence-corrected chi connectivity index (χ0v) is 11.7. The number of aliphatic hydroxyl groups excluding tert-OH is 1. The molecule has 0 saturated carbocycles. The maximum absolute atomic E-state index is 12.1. The van der Waals surface area contributed by atoms with Crippen molar-refractivity contribution < 1.29 is 9.90 Å². The van der Waals surface area contributed by atoms with Crippen molar-refractivity contribution in [1.29, 1.82) is 0 Å². The van der Waals surface area contributed by atoms with E-state index in [9.17, 15) is 4.79 Å². The fourth-order valence-electron chi connectivity index (χ4n) is 2.48. The van der Waals surface area contributed by atoms with E-state index < -0.39 is 0 Å². The van der Waals surface area contributed by atoms with Gasteiger partial charge in [0.1, 0.15) is 0 Å². The van der Waals surface area contributed by atoms with Gasteiger partial charge in [-0.2, -0.15) is 0 Å². The Balaban J connectivity index is 2.26. The van der Waals surface area contributed by atoms with Crippen molar-refractivity contribution in [1.82, 2.24) is 10.2 Å². The number of nitrogens with one attached hydrogen (secondary N) is 1. The summed E-state index contributed by atoms with van der Waals surface area (Å²) >= 11 is 0. The average molecular weight is 256 g/mol. The summed E-state index contributed by atoms with van der Waals surface area (Å²) in [5, 5.41) is 12.3. The second-order valence-corrected chi connectivity index (χ2v) is 5.23. The molecule has 1 atom stereocenters. The second kappa shape index (κ2) is 9.34. The molecule has 1 aliphatic rings. The average Bonchev–Trinajstić information content (AvgIpc) is 2.86. The lowest BCUT2D eigenvalue weighted by Gasteiger charge is -2.23. The van der Waals surface area contributed by atoms with Crippen LogP contribution in [0, 0.1) is 5.92 Å². The van der Waals surface area contributed by atoms with Crippen LogP contribution >= 0.6 is 0 Å². The van der Waals surface area contributed by atoms with Crippen molar-refractivity contribution in [3.05, 3.63) is 0 Å². The van der Waals surface area contributed by atoms with Gasteiger partial charge in [0.15, 0.2) is 0 Å². The van der Waals surface area contributed by atoms with Gasteiger partial charge in [0.05, 0.1) is 6.61 Å². The second-order valence-electron chi connectivity index (χ2n) is 5.23. The molecule has 0 aromatic rings. The predicted octanol–water partition coefficient (Wildman–Crippen LogP) is 1.39. The number of carbonyl (C=O) groups is 1. The van der Waals surface area contributed by atoms with E-state index in [0.717, 1.165) is 32.5 Å². The van der Waals surface area contributed by atoms with Crippen LogP contribution in [0.1, 0.15) is 45.4 Å². The van der Waals surface area contributed by atoms with E-state index in [1.54, 1.807) is 0 Å². The third kappa shape index (κ3) is 5.83. The molecule has 0 aromatic carbocycles. The first kappa shape index (κ1) is 15.4. The maximum atomic E-state index is 12.1. The quantitative estimate of drug-likeness (QED) is 0.613. The molecule has 0 aromatic heterocycles. The molecule has 1 aliphatic heterocycles. The number of unbranched alkanes of at least 4 members (excludes halogenated alkanes) is 3. The minimum atomic E-state index is 0.0719. The number of hydrogen-bond donors (Lipinski definition) is 2. The molecule has 1 heterocycles. The van der Waals surface area contributed by atoms with Crippen molar-refractivity contribution in [2.45, 2.75) is 45.4 Å². The minimum Gasteiger partial charge on any atom is -0.395 e. The normalized spacial score (nSPS) is 19.1. The first-order valence-electron chi connectivity index (χ1n) is 7.37. The Morgan fingerprint density at radius 3 is 2.78 bits per heavy atom. The van der Waals surface area contributed by atoms with Gasteiger partial charge in [-0.3, -0.25) is 4.79 Å². The van der Waals surface area contributed by atoms with Gasteiger partial charge in [-0.15, -0.1) is 0 Å². The number of amides is 1. The van der Waals surface area contributed by atoms with E-state index in [2.05, 4.69) is 12.2 Å². The SMILES string of the molecule is CCCCCCN(CCO)C(=O)CC1CCNC1. The molecule has 0 radical (unpaired) electrons. The first-order valence-corrected chi connectivity index (χ1v) is 7.37. The number of hydrogen-bond acceptors (Lipinski definition) is 3. The van der Waals surface area contributed by atoms with Gasteiger partial charge in [0.2, 0.25) is 5.91 Å². The lowest BCUT2D eigenvalue weighted by Crippen LogP contribution is -2.35. The molecule has 4 nitrogen and oxygen atoms in total. The highest BCUT2D eigenvalue weighted by Crippen LogP contribution is 2.14. The Kier molecular flexibility index (Phi) is 8.01. The largest absolute Gasteiger partial charge is 0.395 e. The molecule has 1 amide bonds. The highest BCUT2D eigenvalue weighted by atomic mass is 16.3. The Labute approximate surface area is 111 Å². The van der Waals surface area contributed by atoms with Crippen LogP contribution in [-0.4, -0.2) is 48.7 Å². The molecule has 1 fully saturated rings. The van der Waals surface area contributed by atoms with Crippen molar-refractivity contribution in [2.75, 3.05) is 32.8 Å². The predicted molar refractivity (Wildman–Crippen MR) is 73.4 cm³/mol. The van der Waals surface area contributed by atoms with Gasteiger partial charge in [0.25, 0.3) is 0 Å². The highest BCUT2D eigenvalue weighted by Gasteiger charge is 2.21. The number of nitrogens with zero attached hydrogens (tertiary/aromatic N) is 1. The Bertz CT molecular complexity index is 228. The van der Waals surface area contributed by atoms with E-state index in [-0.39, 0.29) is 12.5 Å². The number of aliphatic hydroxyl groups is 1. The van der Waals surface area contributed by atoms with E-state index in [4.69, 9.17) is 5.11 Å². The van der Waals surface area contributed by atoms with Crippen molar-refractivity contribution in [3.63, 3.8) is 0 Å². The smallest absolute Gasteiger partial charge is 0.222 e. The molecular weight excluding hydrogens is 228 g/mol. The molecule has 1 saturated heterocycles. The molecule has 106 valence electrons. The summed E-state index contributed by atoms with van der Waals surface area (Å²) in [5.74, 6) is 0.712. The van der Waals surface area contributed by atoms with Crippen LogP contribution in [0.2, 0.25) is 0 Å². The molecular formula is C14H28N2O2. The molecule has 0 bridgehead atoms. The summed E-state index contributed by atoms with van der Waals surface area (Å²) < 4.78 is 0. The van der Waals surface area contributed by atoms with Crippen molar-refractivity contribution in [2.24, 2.45) is 5.92 Å². The van der Waals surface area contributed by atoms with Gasteiger partial charge in [0, 0.05) is 19.5 Å². The van der Waals surface area contributed by atoms with Crippen LogP contribution in [0.25, 0.3) is 0 Å². The van der Waals surface area contributed by atoms with E-state index >= 15 is 0 Å². The summed E-state index contributed by atoms with van der Waals surface area (Å²) in [6.45, 7) is 5.56. The minimum absolute atomic E-state index is 0.0719. The summed E-state index contributed by atoms with van der Waals surface area (Å²) in [4.78, 5) is 14.0. The van der Waals surface area contributed by atoms with Crippen LogP contribution < -0.4 is 5.32 Å². The van der Waals surface area contributed by atoms with Crippen LogP contribution in [0.3, 0.4) is 0 Å². The zero-order valence-electron chi connectivity index (χ0n) is 11.7. The molecule has 18 heavy (non-hydrogen) atoms.